The van der Waals surface area contributed by atoms with E-state index in [-0.39, 0.29) is 0 Å². The van der Waals surface area contributed by atoms with Crippen molar-refractivity contribution in [3.63, 3.8) is 0 Å². The second kappa shape index (κ2) is 2.38. The van der Waals surface area contributed by atoms with Gasteiger partial charge in [0.1, 0.15) is 0 Å². The van der Waals surface area contributed by atoms with E-state index in [0.717, 1.165) is 21.1 Å². The minimum Gasteiger partial charge on any atom is -0.358 e. The van der Waals surface area contributed by atoms with Gasteiger partial charge < -0.3 is 4.98 Å². The number of aryl methyl sites for hydroxylation is 1. The fourth-order valence-corrected chi connectivity index (χ4v) is 1.53. The molecule has 1 nitrogen and oxygen atoms in total. The Morgan fingerprint density at radius 2 is 2.27 bits per heavy atom. The van der Waals surface area contributed by atoms with Gasteiger partial charge in [0.05, 0.1) is 0 Å². The summed E-state index contributed by atoms with van der Waals surface area (Å²) in [6.07, 6.45) is 0. The molecule has 1 radical (unpaired) electrons. The summed E-state index contributed by atoms with van der Waals surface area (Å²) in [5.74, 6) is 0. The van der Waals surface area contributed by atoms with Crippen molar-refractivity contribution in [3.05, 3.63) is 34.4 Å². The van der Waals surface area contributed by atoms with Crippen molar-refractivity contribution >= 4 is 26.8 Å². The number of aromatic nitrogens is 1. The van der Waals surface area contributed by atoms with Gasteiger partial charge in [0.25, 0.3) is 0 Å². The van der Waals surface area contributed by atoms with E-state index < -0.39 is 0 Å². The number of H-pyrrole nitrogens is 1. The Labute approximate surface area is 73.6 Å². The normalized spacial score (nSPS) is 10.7. The molecular weight excluding hydrogens is 202 g/mol. The van der Waals surface area contributed by atoms with Crippen LogP contribution in [0.25, 0.3) is 10.9 Å². The molecule has 0 aliphatic carbocycles. The zero-order chi connectivity index (χ0) is 7.84. The van der Waals surface area contributed by atoms with Gasteiger partial charge in [-0.05, 0) is 25.1 Å². The van der Waals surface area contributed by atoms with Crippen LogP contribution >= 0.6 is 15.9 Å². The highest BCUT2D eigenvalue weighted by Crippen LogP contribution is 2.19. The molecule has 55 valence electrons. The molecule has 1 aromatic carbocycles. The van der Waals surface area contributed by atoms with Gasteiger partial charge in [-0.2, -0.15) is 0 Å². The summed E-state index contributed by atoms with van der Waals surface area (Å²) in [5, 5.41) is 1.14. The first-order chi connectivity index (χ1) is 5.25. The number of halogens is 1. The van der Waals surface area contributed by atoms with Crippen LogP contribution < -0.4 is 0 Å². The van der Waals surface area contributed by atoms with E-state index in [2.05, 4.69) is 33.0 Å². The molecule has 2 aromatic rings. The van der Waals surface area contributed by atoms with E-state index in [9.17, 15) is 0 Å². The van der Waals surface area contributed by atoms with Gasteiger partial charge in [-0.25, -0.2) is 0 Å². The molecule has 2 rings (SSSR count). The van der Waals surface area contributed by atoms with Crippen LogP contribution in [0, 0.1) is 13.0 Å². The molecule has 0 saturated heterocycles. The lowest BCUT2D eigenvalue weighted by molar-refractivity contribution is 1.30. The van der Waals surface area contributed by atoms with Crippen molar-refractivity contribution in [3.8, 4) is 0 Å². The molecule has 0 saturated carbocycles. The van der Waals surface area contributed by atoms with Crippen molar-refractivity contribution in [2.24, 2.45) is 0 Å². The average Bonchev–Trinajstić information content (AvgIpc) is 2.27. The smallest absolute Gasteiger partial charge is 0.0463 e. The van der Waals surface area contributed by atoms with E-state index >= 15 is 0 Å². The predicted molar refractivity (Wildman–Crippen MR) is 49.6 cm³/mol. The topological polar surface area (TPSA) is 15.8 Å². The maximum Gasteiger partial charge on any atom is 0.0463 e. The van der Waals surface area contributed by atoms with Crippen molar-refractivity contribution < 1.29 is 0 Å². The fourth-order valence-electron chi connectivity index (χ4n) is 1.16. The lowest BCUT2D eigenvalue weighted by Crippen LogP contribution is -1.67. The highest BCUT2D eigenvalue weighted by molar-refractivity contribution is 9.10. The van der Waals surface area contributed by atoms with Gasteiger partial charge in [-0.3, -0.25) is 0 Å². The fraction of sp³-hybridized carbons (Fsp3) is 0.111. The SMILES string of the molecule is Cc1[c]c2cc(Br)ccc2[nH]1. The standard InChI is InChI=1S/C9H7BrN/c1-6-4-7-5-8(10)2-3-9(7)11-6/h2-3,5,11H,1H3. The van der Waals surface area contributed by atoms with E-state index in [0.29, 0.717) is 0 Å². The maximum atomic E-state index is 3.41. The second-order valence-corrected chi connectivity index (χ2v) is 3.48. The molecule has 0 atom stereocenters. The third kappa shape index (κ3) is 1.18. The Kier molecular flexibility index (Phi) is 1.50. The summed E-state index contributed by atoms with van der Waals surface area (Å²) in [4.78, 5) is 3.21. The molecule has 1 heterocycles. The van der Waals surface area contributed by atoms with Crippen molar-refractivity contribution in [1.82, 2.24) is 4.98 Å². The van der Waals surface area contributed by atoms with Gasteiger partial charge in [-0.15, -0.1) is 0 Å². The summed E-state index contributed by atoms with van der Waals surface area (Å²) in [6, 6.07) is 9.33. The van der Waals surface area contributed by atoms with Crippen LogP contribution in [0.2, 0.25) is 0 Å². The van der Waals surface area contributed by atoms with E-state index in [1.165, 1.54) is 0 Å². The third-order valence-corrected chi connectivity index (χ3v) is 2.12. The number of aromatic amines is 1. The molecule has 11 heavy (non-hydrogen) atoms. The summed E-state index contributed by atoms with van der Waals surface area (Å²) >= 11 is 3.41. The number of fused-ring (bicyclic) bond motifs is 1. The number of benzene rings is 1. The quantitative estimate of drug-likeness (QED) is 0.686. The van der Waals surface area contributed by atoms with Gasteiger partial charge >= 0.3 is 0 Å². The lowest BCUT2D eigenvalue weighted by Gasteiger charge is -1.88. The minimum atomic E-state index is 1.08. The molecule has 0 aliphatic rings. The zero-order valence-electron chi connectivity index (χ0n) is 6.11. The number of hydrogen-bond donors (Lipinski definition) is 1. The number of hydrogen-bond acceptors (Lipinski definition) is 0. The molecule has 1 aromatic heterocycles. The molecule has 0 bridgehead atoms. The molecule has 0 fully saturated rings. The first-order valence-corrected chi connectivity index (χ1v) is 4.22. The first-order valence-electron chi connectivity index (χ1n) is 3.43. The number of nitrogens with one attached hydrogen (secondary N) is 1. The maximum absolute atomic E-state index is 3.41. The Balaban J connectivity index is 2.82. The Bertz CT molecular complexity index is 389. The first kappa shape index (κ1) is 6.92. The summed E-state index contributed by atoms with van der Waals surface area (Å²) in [6.45, 7) is 2.01. The van der Waals surface area contributed by atoms with Gasteiger partial charge in [0, 0.05) is 27.1 Å². The lowest BCUT2D eigenvalue weighted by atomic mass is 10.2. The Morgan fingerprint density at radius 3 is 3.09 bits per heavy atom. The molecular formula is C9H7BrN. The summed E-state index contributed by atoms with van der Waals surface area (Å²) in [7, 11) is 0. The average molecular weight is 209 g/mol. The minimum absolute atomic E-state index is 1.08. The molecule has 0 unspecified atom stereocenters. The zero-order valence-corrected chi connectivity index (χ0v) is 7.70. The summed E-state index contributed by atoms with van der Waals surface area (Å²) in [5.41, 5.74) is 2.23. The van der Waals surface area contributed by atoms with Gasteiger partial charge in [-0.1, -0.05) is 15.9 Å². The molecule has 1 N–H and O–H groups in total. The number of rotatable bonds is 0. The highest BCUT2D eigenvalue weighted by atomic mass is 79.9. The van der Waals surface area contributed by atoms with E-state index in [1.54, 1.807) is 0 Å². The van der Waals surface area contributed by atoms with Crippen molar-refractivity contribution in [2.45, 2.75) is 6.92 Å². The van der Waals surface area contributed by atoms with Crippen LogP contribution in [0.5, 0.6) is 0 Å². The molecule has 0 amide bonds. The van der Waals surface area contributed by atoms with Crippen molar-refractivity contribution in [1.29, 1.82) is 0 Å². The monoisotopic (exact) mass is 208 g/mol. The molecule has 2 heteroatoms. The van der Waals surface area contributed by atoms with Crippen LogP contribution in [0.4, 0.5) is 0 Å². The van der Waals surface area contributed by atoms with Crippen LogP contribution in [-0.4, -0.2) is 4.98 Å². The van der Waals surface area contributed by atoms with Crippen LogP contribution in [-0.2, 0) is 0 Å². The Hall–Kier alpha value is -0.760. The van der Waals surface area contributed by atoms with Crippen molar-refractivity contribution in [2.75, 3.05) is 0 Å². The predicted octanol–water partition coefficient (Wildman–Crippen LogP) is 3.04. The van der Waals surface area contributed by atoms with E-state index in [4.69, 9.17) is 0 Å². The van der Waals surface area contributed by atoms with Gasteiger partial charge in [0.15, 0.2) is 0 Å². The molecule has 0 aliphatic heterocycles. The molecule has 0 spiro atoms. The Morgan fingerprint density at radius 1 is 1.45 bits per heavy atom. The van der Waals surface area contributed by atoms with Crippen LogP contribution in [0.1, 0.15) is 5.69 Å². The highest BCUT2D eigenvalue weighted by Gasteiger charge is 1.96. The third-order valence-electron chi connectivity index (χ3n) is 1.63. The largest absolute Gasteiger partial charge is 0.358 e. The van der Waals surface area contributed by atoms with Crippen LogP contribution in [0.3, 0.4) is 0 Å². The van der Waals surface area contributed by atoms with Gasteiger partial charge in [0.2, 0.25) is 0 Å². The van der Waals surface area contributed by atoms with E-state index in [1.807, 2.05) is 19.1 Å². The summed E-state index contributed by atoms with van der Waals surface area (Å²) < 4.78 is 1.10. The van der Waals surface area contributed by atoms with Crippen LogP contribution in [0.15, 0.2) is 22.7 Å². The second-order valence-electron chi connectivity index (χ2n) is 2.56.